The predicted octanol–water partition coefficient (Wildman–Crippen LogP) is -3.85. The molecule has 0 aliphatic heterocycles. The van der Waals surface area contributed by atoms with Gasteiger partial charge in [0.25, 0.3) is 0 Å². The number of hydrogen-bond donors (Lipinski definition) is 1. The van der Waals surface area contributed by atoms with Crippen LogP contribution in [0, 0.1) is 0 Å². The monoisotopic (exact) mass is 142 g/mol. The van der Waals surface area contributed by atoms with Gasteiger partial charge in [0.2, 0.25) is 0 Å². The fourth-order valence-electron chi connectivity index (χ4n) is 0. The van der Waals surface area contributed by atoms with Crippen molar-refractivity contribution in [1.29, 1.82) is 0 Å². The van der Waals surface area contributed by atoms with Gasteiger partial charge in [-0.1, -0.05) is 6.92 Å². The summed E-state index contributed by atoms with van der Waals surface area (Å²) in [7, 11) is 0. The van der Waals surface area contributed by atoms with Gasteiger partial charge in [-0.25, -0.2) is 0 Å². The smallest absolute Gasteiger partial charge is 0.550 e. The van der Waals surface area contributed by atoms with E-state index in [9.17, 15) is 0 Å². The molecule has 0 aliphatic rings. The summed E-state index contributed by atoms with van der Waals surface area (Å²) in [5.74, 6) is -1.08. The molecule has 0 bridgehead atoms. The Balaban J connectivity index is -0.0000000720. The van der Waals surface area contributed by atoms with E-state index in [-0.39, 0.29) is 29.6 Å². The maximum Gasteiger partial charge on any atom is 1.00 e. The molecule has 0 aromatic rings. The molecule has 0 atom stereocenters. The van der Waals surface area contributed by atoms with Crippen molar-refractivity contribution in [1.82, 2.24) is 0 Å². The Morgan fingerprint density at radius 2 is 1.78 bits per heavy atom. The zero-order valence-electron chi connectivity index (χ0n) is 6.18. The summed E-state index contributed by atoms with van der Waals surface area (Å²) in [6.07, 6.45) is 0.875. The minimum atomic E-state index is -1.08. The van der Waals surface area contributed by atoms with Crippen LogP contribution in [0.1, 0.15) is 20.3 Å². The van der Waals surface area contributed by atoms with Gasteiger partial charge in [-0.3, -0.25) is 0 Å². The molecule has 4 heteroatoms. The predicted molar refractivity (Wildman–Crippen MR) is 28.1 cm³/mol. The van der Waals surface area contributed by atoms with E-state index in [1.807, 2.05) is 6.92 Å². The largest absolute Gasteiger partial charge is 1.00 e. The number of carboxylic acid groups (broad SMARTS) is 1. The van der Waals surface area contributed by atoms with Crippen molar-refractivity contribution in [3.8, 4) is 0 Å². The van der Waals surface area contributed by atoms with E-state index < -0.39 is 5.97 Å². The van der Waals surface area contributed by atoms with Crippen LogP contribution < -0.4 is 34.7 Å². The number of aliphatic carboxylic acids is 1. The minimum absolute atomic E-state index is 0. The van der Waals surface area contributed by atoms with Crippen LogP contribution in [0.15, 0.2) is 0 Å². The van der Waals surface area contributed by atoms with Gasteiger partial charge in [0.15, 0.2) is 0 Å². The van der Waals surface area contributed by atoms with Gasteiger partial charge in [0.1, 0.15) is 0 Å². The minimum Gasteiger partial charge on any atom is -0.550 e. The third-order valence-electron chi connectivity index (χ3n) is 0.224. The third-order valence-corrected chi connectivity index (χ3v) is 0.224. The average Bonchev–Trinajstić information content (AvgIpc) is 1.65. The van der Waals surface area contributed by atoms with Gasteiger partial charge in [0.05, 0.1) is 0 Å². The number of carbonyl (C=O) groups is 1. The van der Waals surface area contributed by atoms with E-state index in [1.165, 1.54) is 0 Å². The van der Waals surface area contributed by atoms with Gasteiger partial charge < -0.3 is 15.0 Å². The Labute approximate surface area is 77.4 Å². The summed E-state index contributed by atoms with van der Waals surface area (Å²) in [4.78, 5) is 8.89. The van der Waals surface area contributed by atoms with Crippen molar-refractivity contribution in [3.63, 3.8) is 0 Å². The number of aliphatic hydroxyl groups excluding tert-OH is 1. The third kappa shape index (κ3) is 170. The van der Waals surface area contributed by atoms with E-state index in [1.54, 1.807) is 0 Å². The second-order valence-electron chi connectivity index (χ2n) is 1.22. The van der Waals surface area contributed by atoms with Crippen molar-refractivity contribution < 1.29 is 44.6 Å². The molecule has 1 N–H and O–H groups in total. The first-order chi connectivity index (χ1) is 3.65. The molecule has 3 nitrogen and oxygen atoms in total. The number of rotatable bonds is 1. The molecule has 0 saturated heterocycles. The zero-order chi connectivity index (χ0) is 6.99. The molecule has 0 unspecified atom stereocenters. The second-order valence-corrected chi connectivity index (χ2v) is 1.22. The molecule has 0 radical (unpaired) electrons. The normalized spacial score (nSPS) is 6.11. The van der Waals surface area contributed by atoms with E-state index in [0.29, 0.717) is 6.61 Å². The van der Waals surface area contributed by atoms with Crippen LogP contribution in [-0.4, -0.2) is 17.7 Å². The number of hydrogen-bond acceptors (Lipinski definition) is 3. The standard InChI is InChI=1S/C3H8O.C2H4O2.Na/c1-2-3-4;1-2(3)4;/h4H,2-3H2,1H3;1H3,(H,3,4);/q;;+1/p-1. The quantitative estimate of drug-likeness (QED) is 0.381. The topological polar surface area (TPSA) is 60.4 Å². The Morgan fingerprint density at radius 1 is 1.67 bits per heavy atom. The second kappa shape index (κ2) is 15.8. The zero-order valence-corrected chi connectivity index (χ0v) is 8.18. The Hall–Kier alpha value is 0.430. The van der Waals surface area contributed by atoms with Crippen LogP contribution in [0.4, 0.5) is 0 Å². The van der Waals surface area contributed by atoms with E-state index in [0.717, 1.165) is 13.3 Å². The average molecular weight is 142 g/mol. The van der Waals surface area contributed by atoms with Crippen molar-refractivity contribution >= 4 is 5.97 Å². The molecule has 0 aromatic carbocycles. The van der Waals surface area contributed by atoms with Gasteiger partial charge >= 0.3 is 29.6 Å². The first-order valence-electron chi connectivity index (χ1n) is 2.43. The van der Waals surface area contributed by atoms with Crippen LogP contribution in [0.25, 0.3) is 0 Å². The molecule has 0 rings (SSSR count). The molecule has 9 heavy (non-hydrogen) atoms. The molecule has 0 heterocycles. The van der Waals surface area contributed by atoms with Crippen molar-refractivity contribution in [2.24, 2.45) is 0 Å². The maximum absolute atomic E-state index is 8.89. The van der Waals surface area contributed by atoms with Gasteiger partial charge in [-0.15, -0.1) is 0 Å². The molecule has 0 aliphatic carbocycles. The summed E-state index contributed by atoms with van der Waals surface area (Å²) in [5.41, 5.74) is 0. The fourth-order valence-corrected chi connectivity index (χ4v) is 0. The summed E-state index contributed by atoms with van der Waals surface area (Å²) >= 11 is 0. The number of aliphatic hydroxyl groups is 1. The summed E-state index contributed by atoms with van der Waals surface area (Å²) < 4.78 is 0. The first kappa shape index (κ1) is 16.2. The van der Waals surface area contributed by atoms with Crippen LogP contribution in [0.5, 0.6) is 0 Å². The van der Waals surface area contributed by atoms with Crippen molar-refractivity contribution in [2.45, 2.75) is 20.3 Å². The van der Waals surface area contributed by atoms with Crippen LogP contribution in [0.3, 0.4) is 0 Å². The van der Waals surface area contributed by atoms with E-state index >= 15 is 0 Å². The summed E-state index contributed by atoms with van der Waals surface area (Å²) in [6, 6.07) is 0. The van der Waals surface area contributed by atoms with Gasteiger partial charge in [-0.05, 0) is 13.3 Å². The van der Waals surface area contributed by atoms with Crippen LogP contribution >= 0.6 is 0 Å². The molecule has 50 valence electrons. The van der Waals surface area contributed by atoms with Crippen LogP contribution in [-0.2, 0) is 4.79 Å². The van der Waals surface area contributed by atoms with Gasteiger partial charge in [0, 0.05) is 12.6 Å². The summed E-state index contributed by atoms with van der Waals surface area (Å²) in [5, 5.41) is 16.8. The Morgan fingerprint density at radius 3 is 1.78 bits per heavy atom. The van der Waals surface area contributed by atoms with Gasteiger partial charge in [-0.2, -0.15) is 0 Å². The van der Waals surface area contributed by atoms with Crippen LogP contribution in [0.2, 0.25) is 0 Å². The fraction of sp³-hybridized carbons (Fsp3) is 0.800. The molecule has 0 saturated carbocycles. The Bertz CT molecular complexity index is 50.2. The molecular formula is C5H11NaO3. The molecule has 0 aromatic heterocycles. The first-order valence-corrected chi connectivity index (χ1v) is 2.43. The Kier molecular flexibility index (Phi) is 28.4. The number of carbonyl (C=O) groups excluding carboxylic acids is 1. The molecule has 0 spiro atoms. The maximum atomic E-state index is 8.89. The SMILES string of the molecule is CC(=O)[O-].CCCO.[Na+]. The van der Waals surface area contributed by atoms with E-state index in [4.69, 9.17) is 15.0 Å². The molecule has 0 fully saturated rings. The summed E-state index contributed by atoms with van der Waals surface area (Å²) in [6.45, 7) is 3.22. The van der Waals surface area contributed by atoms with Crippen molar-refractivity contribution in [3.05, 3.63) is 0 Å². The molecular weight excluding hydrogens is 131 g/mol. The number of carboxylic acids is 1. The van der Waals surface area contributed by atoms with Crippen molar-refractivity contribution in [2.75, 3.05) is 6.61 Å². The molecule has 0 amide bonds. The van der Waals surface area contributed by atoms with E-state index in [2.05, 4.69) is 0 Å².